The topological polar surface area (TPSA) is 78.0 Å². The van der Waals surface area contributed by atoms with Gasteiger partial charge < -0.3 is 9.84 Å². The van der Waals surface area contributed by atoms with E-state index in [9.17, 15) is 13.9 Å². The minimum absolute atomic E-state index is 0.0901. The van der Waals surface area contributed by atoms with E-state index in [1.807, 2.05) is 36.5 Å². The molecule has 0 aliphatic rings. The maximum atomic E-state index is 14.6. The SMILES string of the molecule is C[C@@H](OCc1ccn(Cc2ccc(Br)cc2)n1)[C@](O)(Cn1cncn1)c1ccc(F)cc1F. The van der Waals surface area contributed by atoms with Gasteiger partial charge in [-0.3, -0.25) is 4.68 Å². The first-order valence-electron chi connectivity index (χ1n) is 10.2. The molecule has 0 spiro atoms. The third-order valence-corrected chi connectivity index (χ3v) is 5.90. The molecule has 0 fully saturated rings. The first kappa shape index (κ1) is 23.2. The highest BCUT2D eigenvalue weighted by Crippen LogP contribution is 2.32. The Bertz CT molecular complexity index is 1200. The molecule has 0 aliphatic carbocycles. The molecule has 0 amide bonds. The number of halogens is 3. The lowest BCUT2D eigenvalue weighted by Crippen LogP contribution is -2.44. The third-order valence-electron chi connectivity index (χ3n) is 5.37. The van der Waals surface area contributed by atoms with Crippen molar-refractivity contribution in [2.45, 2.75) is 38.3 Å². The van der Waals surface area contributed by atoms with Gasteiger partial charge in [0.15, 0.2) is 0 Å². The van der Waals surface area contributed by atoms with Crippen LogP contribution >= 0.6 is 15.9 Å². The van der Waals surface area contributed by atoms with Crippen molar-refractivity contribution >= 4 is 15.9 Å². The Morgan fingerprint density at radius 1 is 1.12 bits per heavy atom. The Labute approximate surface area is 197 Å². The standard InChI is InChI=1S/C23H22BrF2N5O2/c1-16(33-12-20-8-9-30(29-20)11-17-2-4-18(24)5-3-17)23(32,13-31-15-27-14-28-31)21-7-6-19(25)10-22(21)26/h2-10,14-16,32H,11-13H2,1H3/t16-,23-/m1/s1. The average molecular weight is 518 g/mol. The Balaban J connectivity index is 1.48. The maximum Gasteiger partial charge on any atom is 0.138 e. The van der Waals surface area contributed by atoms with Crippen molar-refractivity contribution in [1.82, 2.24) is 24.5 Å². The molecule has 2 aromatic carbocycles. The quantitative estimate of drug-likeness (QED) is 0.362. The largest absolute Gasteiger partial charge is 0.380 e. The summed E-state index contributed by atoms with van der Waals surface area (Å²) in [5.41, 5.74) is -0.170. The molecule has 2 atom stereocenters. The number of hydrogen-bond acceptors (Lipinski definition) is 5. The van der Waals surface area contributed by atoms with Crippen molar-refractivity contribution in [3.05, 3.63) is 100 Å². The zero-order chi connectivity index (χ0) is 23.4. The van der Waals surface area contributed by atoms with Crippen LogP contribution in [0.15, 0.2) is 71.9 Å². The summed E-state index contributed by atoms with van der Waals surface area (Å²) in [7, 11) is 0. The lowest BCUT2D eigenvalue weighted by Gasteiger charge is -2.34. The number of nitrogens with zero attached hydrogens (tertiary/aromatic N) is 5. The fraction of sp³-hybridized carbons (Fsp3) is 0.261. The van der Waals surface area contributed by atoms with E-state index in [0.717, 1.165) is 22.2 Å². The Hall–Kier alpha value is -2.95. The van der Waals surface area contributed by atoms with Gasteiger partial charge in [-0.1, -0.05) is 34.1 Å². The molecular formula is C23H22BrF2N5O2. The molecule has 4 rings (SSSR count). The van der Waals surface area contributed by atoms with E-state index in [2.05, 4.69) is 31.1 Å². The van der Waals surface area contributed by atoms with E-state index in [1.165, 1.54) is 23.4 Å². The first-order chi connectivity index (χ1) is 15.8. The molecule has 0 aliphatic heterocycles. The monoisotopic (exact) mass is 517 g/mol. The molecule has 0 radical (unpaired) electrons. The van der Waals surface area contributed by atoms with Crippen LogP contribution in [-0.2, 0) is 30.0 Å². The van der Waals surface area contributed by atoms with Gasteiger partial charge >= 0.3 is 0 Å². The van der Waals surface area contributed by atoms with Crippen molar-refractivity contribution < 1.29 is 18.6 Å². The molecule has 0 saturated heterocycles. The summed E-state index contributed by atoms with van der Waals surface area (Å²) in [6, 6.07) is 12.8. The van der Waals surface area contributed by atoms with Gasteiger partial charge in [0.2, 0.25) is 0 Å². The molecule has 2 heterocycles. The van der Waals surface area contributed by atoms with Crippen molar-refractivity contribution in [1.29, 1.82) is 0 Å². The van der Waals surface area contributed by atoms with Crippen molar-refractivity contribution in [2.75, 3.05) is 0 Å². The van der Waals surface area contributed by atoms with Gasteiger partial charge in [-0.25, -0.2) is 18.4 Å². The second kappa shape index (κ2) is 9.90. The highest BCUT2D eigenvalue weighted by molar-refractivity contribution is 9.10. The Morgan fingerprint density at radius 3 is 2.61 bits per heavy atom. The van der Waals surface area contributed by atoms with Crippen LogP contribution in [0.2, 0.25) is 0 Å². The predicted octanol–water partition coefficient (Wildman–Crippen LogP) is 4.06. The number of benzene rings is 2. The van der Waals surface area contributed by atoms with Gasteiger partial charge in [-0.2, -0.15) is 10.2 Å². The second-order valence-corrected chi connectivity index (χ2v) is 8.64. The van der Waals surface area contributed by atoms with Crippen LogP contribution < -0.4 is 0 Å². The van der Waals surface area contributed by atoms with Crippen LogP contribution in [-0.4, -0.2) is 35.8 Å². The zero-order valence-corrected chi connectivity index (χ0v) is 19.4. The van der Waals surface area contributed by atoms with E-state index in [-0.39, 0.29) is 18.7 Å². The normalized spacial score (nSPS) is 14.2. The molecule has 33 heavy (non-hydrogen) atoms. The summed E-state index contributed by atoms with van der Waals surface area (Å²) in [6.07, 6.45) is 3.68. The molecule has 2 aromatic heterocycles. The van der Waals surface area contributed by atoms with E-state index in [4.69, 9.17) is 4.74 Å². The van der Waals surface area contributed by atoms with Gasteiger partial charge in [0.25, 0.3) is 0 Å². The third kappa shape index (κ3) is 5.52. The maximum absolute atomic E-state index is 14.6. The second-order valence-electron chi connectivity index (χ2n) is 7.73. The Kier molecular flexibility index (Phi) is 6.96. The van der Waals surface area contributed by atoms with Gasteiger partial charge in [0.05, 0.1) is 31.5 Å². The molecule has 7 nitrogen and oxygen atoms in total. The summed E-state index contributed by atoms with van der Waals surface area (Å²) in [6.45, 7) is 2.18. The predicted molar refractivity (Wildman–Crippen MR) is 120 cm³/mol. The zero-order valence-electron chi connectivity index (χ0n) is 17.8. The van der Waals surface area contributed by atoms with Gasteiger partial charge in [-0.05, 0) is 36.8 Å². The van der Waals surface area contributed by atoms with Crippen LogP contribution in [0.4, 0.5) is 8.78 Å². The minimum atomic E-state index is -1.83. The molecule has 0 bridgehead atoms. The minimum Gasteiger partial charge on any atom is -0.380 e. The van der Waals surface area contributed by atoms with Crippen LogP contribution in [0, 0.1) is 11.6 Å². The summed E-state index contributed by atoms with van der Waals surface area (Å²) < 4.78 is 38.2. The van der Waals surface area contributed by atoms with E-state index in [0.29, 0.717) is 12.2 Å². The molecule has 10 heteroatoms. The van der Waals surface area contributed by atoms with Crippen LogP contribution in [0.25, 0.3) is 0 Å². The van der Waals surface area contributed by atoms with Crippen LogP contribution in [0.1, 0.15) is 23.7 Å². The van der Waals surface area contributed by atoms with Crippen molar-refractivity contribution in [3.8, 4) is 0 Å². The number of hydrogen-bond donors (Lipinski definition) is 1. The van der Waals surface area contributed by atoms with E-state index < -0.39 is 23.3 Å². The fourth-order valence-electron chi connectivity index (χ4n) is 3.53. The molecular weight excluding hydrogens is 496 g/mol. The highest BCUT2D eigenvalue weighted by atomic mass is 79.9. The number of aliphatic hydroxyl groups is 1. The summed E-state index contributed by atoms with van der Waals surface area (Å²) in [5.74, 6) is -1.60. The van der Waals surface area contributed by atoms with Crippen molar-refractivity contribution in [3.63, 3.8) is 0 Å². The van der Waals surface area contributed by atoms with E-state index in [1.54, 1.807) is 11.6 Å². The van der Waals surface area contributed by atoms with Gasteiger partial charge in [0, 0.05) is 22.3 Å². The molecule has 1 N–H and O–H groups in total. The summed E-state index contributed by atoms with van der Waals surface area (Å²) in [4.78, 5) is 3.86. The molecule has 0 saturated carbocycles. The average Bonchev–Trinajstić information content (AvgIpc) is 3.45. The number of rotatable bonds is 9. The van der Waals surface area contributed by atoms with Crippen LogP contribution in [0.3, 0.4) is 0 Å². The molecule has 4 aromatic rings. The molecule has 172 valence electrons. The summed E-state index contributed by atoms with van der Waals surface area (Å²) in [5, 5.41) is 20.0. The lowest BCUT2D eigenvalue weighted by atomic mass is 9.88. The fourth-order valence-corrected chi connectivity index (χ4v) is 3.79. The van der Waals surface area contributed by atoms with Crippen LogP contribution in [0.5, 0.6) is 0 Å². The highest BCUT2D eigenvalue weighted by Gasteiger charge is 2.40. The number of aromatic nitrogens is 5. The molecule has 0 unspecified atom stereocenters. The number of ether oxygens (including phenoxy) is 1. The van der Waals surface area contributed by atoms with Gasteiger partial charge in [0.1, 0.15) is 29.9 Å². The van der Waals surface area contributed by atoms with E-state index >= 15 is 0 Å². The smallest absolute Gasteiger partial charge is 0.138 e. The summed E-state index contributed by atoms with van der Waals surface area (Å²) >= 11 is 3.42. The van der Waals surface area contributed by atoms with Gasteiger partial charge in [-0.15, -0.1) is 0 Å². The lowest BCUT2D eigenvalue weighted by molar-refractivity contribution is -0.124. The first-order valence-corrected chi connectivity index (χ1v) is 11.0. The van der Waals surface area contributed by atoms with Crippen molar-refractivity contribution in [2.24, 2.45) is 0 Å². The Morgan fingerprint density at radius 2 is 1.91 bits per heavy atom.